The van der Waals surface area contributed by atoms with Gasteiger partial charge < -0.3 is 10.1 Å². The molecule has 1 saturated carbocycles. The molecule has 0 radical (unpaired) electrons. The third-order valence-corrected chi connectivity index (χ3v) is 3.39. The summed E-state index contributed by atoms with van der Waals surface area (Å²) >= 11 is 5.97. The van der Waals surface area contributed by atoms with Gasteiger partial charge in [0.25, 0.3) is 0 Å². The van der Waals surface area contributed by atoms with E-state index in [1.165, 1.54) is 12.8 Å². The molecule has 88 valence electrons. The lowest BCUT2D eigenvalue weighted by atomic mass is 10.1. The molecule has 2 rings (SSSR count). The Morgan fingerprint density at radius 2 is 2.19 bits per heavy atom. The first-order valence-corrected chi connectivity index (χ1v) is 6.00. The van der Waals surface area contributed by atoms with E-state index in [0.29, 0.717) is 17.5 Å². The van der Waals surface area contributed by atoms with Crippen molar-refractivity contribution in [2.24, 2.45) is 0 Å². The van der Waals surface area contributed by atoms with Gasteiger partial charge in [-0.3, -0.25) is 4.79 Å². The van der Waals surface area contributed by atoms with Crippen LogP contribution < -0.4 is 0 Å². The molecular weight excluding hydrogens is 228 g/mol. The van der Waals surface area contributed by atoms with Crippen LogP contribution in [0.1, 0.15) is 49.5 Å². The maximum atomic E-state index is 10.5. The Morgan fingerprint density at radius 1 is 1.50 bits per heavy atom. The van der Waals surface area contributed by atoms with Crippen LogP contribution in [0, 0.1) is 0 Å². The van der Waals surface area contributed by atoms with Crippen molar-refractivity contribution >= 4 is 17.6 Å². The van der Waals surface area contributed by atoms with Gasteiger partial charge >= 0.3 is 5.97 Å². The molecule has 1 aliphatic carbocycles. The van der Waals surface area contributed by atoms with Crippen LogP contribution in [0.25, 0.3) is 0 Å². The minimum Gasteiger partial charge on any atom is -0.481 e. The molecule has 0 aromatic carbocycles. The van der Waals surface area contributed by atoms with Crippen molar-refractivity contribution in [1.29, 1.82) is 0 Å². The number of rotatable bonds is 4. The monoisotopic (exact) mass is 242 g/mol. The molecular formula is C11H15ClN2O2. The number of nitrogens with zero attached hydrogens (tertiary/aromatic N) is 1. The highest BCUT2D eigenvalue weighted by molar-refractivity contribution is 6.30. The molecule has 0 unspecified atom stereocenters. The van der Waals surface area contributed by atoms with Gasteiger partial charge in [0.05, 0.1) is 12.1 Å². The number of carboxylic acid groups (broad SMARTS) is 1. The molecule has 1 aromatic rings. The minimum atomic E-state index is -0.812. The van der Waals surface area contributed by atoms with Crippen molar-refractivity contribution in [1.82, 2.24) is 9.97 Å². The van der Waals surface area contributed by atoms with E-state index in [1.807, 2.05) is 0 Å². The zero-order valence-corrected chi connectivity index (χ0v) is 9.76. The molecule has 0 aliphatic heterocycles. The van der Waals surface area contributed by atoms with E-state index in [9.17, 15) is 4.79 Å². The number of hydrogen-bond donors (Lipinski definition) is 2. The van der Waals surface area contributed by atoms with E-state index in [0.717, 1.165) is 24.4 Å². The van der Waals surface area contributed by atoms with Crippen LogP contribution in [0.4, 0.5) is 0 Å². The predicted molar refractivity (Wildman–Crippen MR) is 60.8 cm³/mol. The number of aliphatic carboxylic acids is 1. The largest absolute Gasteiger partial charge is 0.481 e. The summed E-state index contributed by atoms with van der Waals surface area (Å²) in [5, 5.41) is 9.04. The summed E-state index contributed by atoms with van der Waals surface area (Å²) in [6, 6.07) is 0. The van der Waals surface area contributed by atoms with E-state index >= 15 is 0 Å². The van der Waals surface area contributed by atoms with Crippen LogP contribution >= 0.6 is 11.6 Å². The van der Waals surface area contributed by atoms with Crippen LogP contribution in [0.2, 0.25) is 5.15 Å². The number of hydrogen-bond acceptors (Lipinski definition) is 2. The van der Waals surface area contributed by atoms with Gasteiger partial charge in [0.1, 0.15) is 11.0 Å². The van der Waals surface area contributed by atoms with Crippen molar-refractivity contribution < 1.29 is 9.90 Å². The van der Waals surface area contributed by atoms with Crippen LogP contribution in [-0.2, 0) is 11.2 Å². The predicted octanol–water partition coefficient (Wildman–Crippen LogP) is 2.74. The second-order valence-corrected chi connectivity index (χ2v) is 4.62. The normalized spacial score (nSPS) is 16.8. The molecule has 0 atom stereocenters. The van der Waals surface area contributed by atoms with Crippen LogP contribution in [0.15, 0.2) is 0 Å². The second kappa shape index (κ2) is 4.87. The summed E-state index contributed by atoms with van der Waals surface area (Å²) < 4.78 is 0. The average Bonchev–Trinajstić information content (AvgIpc) is 2.83. The number of H-pyrrole nitrogens is 1. The first kappa shape index (κ1) is 11.5. The number of aromatic nitrogens is 2. The molecule has 2 N–H and O–H groups in total. The smallest absolute Gasteiger partial charge is 0.303 e. The molecule has 0 bridgehead atoms. The van der Waals surface area contributed by atoms with E-state index in [1.54, 1.807) is 0 Å². The molecule has 16 heavy (non-hydrogen) atoms. The van der Waals surface area contributed by atoms with Gasteiger partial charge in [-0.25, -0.2) is 4.98 Å². The Hall–Kier alpha value is -1.03. The maximum Gasteiger partial charge on any atom is 0.303 e. The Bertz CT molecular complexity index is 383. The summed E-state index contributed by atoms with van der Waals surface area (Å²) in [5.74, 6) is 0.604. The maximum absolute atomic E-state index is 10.5. The van der Waals surface area contributed by atoms with Crippen molar-refractivity contribution in [3.8, 4) is 0 Å². The Balaban J connectivity index is 2.05. The number of aryl methyl sites for hydroxylation is 1. The van der Waals surface area contributed by atoms with Crippen molar-refractivity contribution in [2.45, 2.75) is 44.4 Å². The average molecular weight is 243 g/mol. The number of carbonyl (C=O) groups is 1. The van der Waals surface area contributed by atoms with Gasteiger partial charge in [0, 0.05) is 12.3 Å². The van der Waals surface area contributed by atoms with Crippen molar-refractivity contribution in [2.75, 3.05) is 0 Å². The fraction of sp³-hybridized carbons (Fsp3) is 0.636. The van der Waals surface area contributed by atoms with Gasteiger partial charge in [0.2, 0.25) is 0 Å². The molecule has 5 heteroatoms. The number of imidazole rings is 1. The highest BCUT2D eigenvalue weighted by atomic mass is 35.5. The fourth-order valence-corrected chi connectivity index (χ4v) is 2.43. The van der Waals surface area contributed by atoms with Crippen LogP contribution in [-0.4, -0.2) is 21.0 Å². The number of halogens is 1. The standard InChI is InChI=1S/C11H15ClN2O2/c12-10-8(5-6-9(15)16)13-11(14-10)7-3-1-2-4-7/h7H,1-6H2,(H,13,14)(H,15,16). The van der Waals surface area contributed by atoms with Gasteiger partial charge in [-0.15, -0.1) is 0 Å². The molecule has 1 aromatic heterocycles. The Labute approximate surface area is 99.0 Å². The van der Waals surface area contributed by atoms with Gasteiger partial charge in [-0.05, 0) is 12.8 Å². The van der Waals surface area contributed by atoms with E-state index in [2.05, 4.69) is 9.97 Å². The molecule has 4 nitrogen and oxygen atoms in total. The van der Waals surface area contributed by atoms with Crippen molar-refractivity contribution in [3.05, 3.63) is 16.7 Å². The Morgan fingerprint density at radius 3 is 2.81 bits per heavy atom. The first-order valence-electron chi connectivity index (χ1n) is 5.63. The number of nitrogens with one attached hydrogen (secondary N) is 1. The highest BCUT2D eigenvalue weighted by Gasteiger charge is 2.21. The van der Waals surface area contributed by atoms with E-state index in [4.69, 9.17) is 16.7 Å². The zero-order chi connectivity index (χ0) is 11.5. The van der Waals surface area contributed by atoms with Crippen molar-refractivity contribution in [3.63, 3.8) is 0 Å². The second-order valence-electron chi connectivity index (χ2n) is 4.27. The van der Waals surface area contributed by atoms with E-state index in [-0.39, 0.29) is 6.42 Å². The van der Waals surface area contributed by atoms with Crippen LogP contribution in [0.3, 0.4) is 0 Å². The van der Waals surface area contributed by atoms with E-state index < -0.39 is 5.97 Å². The lowest BCUT2D eigenvalue weighted by Crippen LogP contribution is -1.99. The topological polar surface area (TPSA) is 66.0 Å². The lowest BCUT2D eigenvalue weighted by molar-refractivity contribution is -0.136. The number of carboxylic acids is 1. The summed E-state index contributed by atoms with van der Waals surface area (Å²) in [5.41, 5.74) is 0.756. The van der Waals surface area contributed by atoms with Gasteiger partial charge in [-0.1, -0.05) is 24.4 Å². The molecule has 0 saturated heterocycles. The lowest BCUT2D eigenvalue weighted by Gasteiger charge is -2.03. The molecule has 1 fully saturated rings. The highest BCUT2D eigenvalue weighted by Crippen LogP contribution is 2.33. The van der Waals surface area contributed by atoms with Gasteiger partial charge in [0.15, 0.2) is 0 Å². The first-order chi connectivity index (χ1) is 7.66. The van der Waals surface area contributed by atoms with Gasteiger partial charge in [-0.2, -0.15) is 0 Å². The van der Waals surface area contributed by atoms with Crippen LogP contribution in [0.5, 0.6) is 0 Å². The third kappa shape index (κ3) is 2.55. The number of aromatic amines is 1. The summed E-state index contributed by atoms with van der Waals surface area (Å²) in [6.45, 7) is 0. The molecule has 1 heterocycles. The summed E-state index contributed by atoms with van der Waals surface area (Å²) in [7, 11) is 0. The quantitative estimate of drug-likeness (QED) is 0.853. The third-order valence-electron chi connectivity index (χ3n) is 3.08. The molecule has 1 aliphatic rings. The zero-order valence-electron chi connectivity index (χ0n) is 9.00. The summed E-state index contributed by atoms with van der Waals surface area (Å²) in [4.78, 5) is 17.9. The molecule has 0 amide bonds. The summed E-state index contributed by atoms with van der Waals surface area (Å²) in [6.07, 6.45) is 5.31. The molecule has 0 spiro atoms. The fourth-order valence-electron chi connectivity index (χ4n) is 2.20. The SMILES string of the molecule is O=C(O)CCc1[nH]c(C2CCCC2)nc1Cl. The minimum absolute atomic E-state index is 0.0893. The Kier molecular flexibility index (Phi) is 3.49.